The molecular weight excluding hydrogens is 206 g/mol. The van der Waals surface area contributed by atoms with E-state index in [4.69, 9.17) is 5.73 Å². The van der Waals surface area contributed by atoms with Crippen molar-refractivity contribution in [3.8, 4) is 0 Å². The van der Waals surface area contributed by atoms with Gasteiger partial charge in [-0.3, -0.25) is 0 Å². The van der Waals surface area contributed by atoms with Crippen LogP contribution in [0.3, 0.4) is 0 Å². The fraction of sp³-hybridized carbons (Fsp3) is 0.625. The highest BCUT2D eigenvalue weighted by atomic mass is 14.6. The van der Waals surface area contributed by atoms with Gasteiger partial charge in [0.15, 0.2) is 0 Å². The molecule has 0 radical (unpaired) electrons. The van der Waals surface area contributed by atoms with Gasteiger partial charge in [0, 0.05) is 5.69 Å². The lowest BCUT2D eigenvalue weighted by Crippen LogP contribution is -2.01. The van der Waals surface area contributed by atoms with Gasteiger partial charge in [0.1, 0.15) is 0 Å². The zero-order valence-electron chi connectivity index (χ0n) is 10.6. The van der Waals surface area contributed by atoms with Crippen molar-refractivity contribution in [2.24, 2.45) is 0 Å². The van der Waals surface area contributed by atoms with E-state index in [9.17, 15) is 0 Å². The van der Waals surface area contributed by atoms with Gasteiger partial charge in [-0.2, -0.15) is 0 Å². The summed E-state index contributed by atoms with van der Waals surface area (Å²) in [4.78, 5) is 0. The predicted octanol–water partition coefficient (Wildman–Crippen LogP) is 4.58. The Hall–Kier alpha value is -0.980. The van der Waals surface area contributed by atoms with Gasteiger partial charge in [0.05, 0.1) is 0 Å². The van der Waals surface area contributed by atoms with E-state index in [1.165, 1.54) is 62.5 Å². The van der Waals surface area contributed by atoms with E-state index in [1.807, 2.05) is 0 Å². The SMILES string of the molecule is Nc1cc(C2CCCC2)ccc1C1CCCC1. The average molecular weight is 229 g/mol. The minimum Gasteiger partial charge on any atom is -0.398 e. The summed E-state index contributed by atoms with van der Waals surface area (Å²) in [6.07, 6.45) is 11.0. The van der Waals surface area contributed by atoms with Crippen molar-refractivity contribution >= 4 is 5.69 Å². The molecule has 1 aromatic carbocycles. The zero-order chi connectivity index (χ0) is 11.7. The summed E-state index contributed by atoms with van der Waals surface area (Å²) < 4.78 is 0. The highest BCUT2D eigenvalue weighted by molar-refractivity contribution is 5.52. The Morgan fingerprint density at radius 2 is 1.41 bits per heavy atom. The zero-order valence-corrected chi connectivity index (χ0v) is 10.6. The number of hydrogen-bond acceptors (Lipinski definition) is 1. The standard InChI is InChI=1S/C16H23N/c17-16-11-14(12-5-1-2-6-12)9-10-15(16)13-7-3-4-8-13/h9-13H,1-8,17H2. The second-order valence-corrected chi connectivity index (χ2v) is 5.85. The fourth-order valence-corrected chi connectivity index (χ4v) is 3.71. The summed E-state index contributed by atoms with van der Waals surface area (Å²) in [5.74, 6) is 1.53. The molecule has 2 fully saturated rings. The van der Waals surface area contributed by atoms with Gasteiger partial charge in [-0.25, -0.2) is 0 Å². The van der Waals surface area contributed by atoms with Crippen LogP contribution in [0.15, 0.2) is 18.2 Å². The first kappa shape index (κ1) is 11.1. The molecule has 0 heterocycles. The first-order valence-corrected chi connectivity index (χ1v) is 7.24. The maximum atomic E-state index is 6.27. The molecule has 0 saturated heterocycles. The van der Waals surface area contributed by atoms with Crippen molar-refractivity contribution in [2.75, 3.05) is 5.73 Å². The van der Waals surface area contributed by atoms with Gasteiger partial charge in [0.2, 0.25) is 0 Å². The first-order valence-electron chi connectivity index (χ1n) is 7.24. The third-order valence-corrected chi connectivity index (χ3v) is 4.73. The monoisotopic (exact) mass is 229 g/mol. The molecule has 1 nitrogen and oxygen atoms in total. The Balaban J connectivity index is 1.82. The van der Waals surface area contributed by atoms with Crippen molar-refractivity contribution < 1.29 is 0 Å². The van der Waals surface area contributed by atoms with Crippen LogP contribution in [0.1, 0.15) is 74.3 Å². The Labute approximate surface area is 104 Å². The molecule has 2 saturated carbocycles. The summed E-state index contributed by atoms with van der Waals surface area (Å²) >= 11 is 0. The van der Waals surface area contributed by atoms with Gasteiger partial charge >= 0.3 is 0 Å². The number of anilines is 1. The second-order valence-electron chi connectivity index (χ2n) is 5.85. The van der Waals surface area contributed by atoms with Crippen molar-refractivity contribution in [2.45, 2.75) is 63.2 Å². The maximum Gasteiger partial charge on any atom is 0.0352 e. The van der Waals surface area contributed by atoms with E-state index in [0.717, 1.165) is 17.5 Å². The number of nitrogens with two attached hydrogens (primary N) is 1. The first-order chi connectivity index (χ1) is 8.34. The lowest BCUT2D eigenvalue weighted by atomic mass is 9.91. The van der Waals surface area contributed by atoms with Crippen LogP contribution >= 0.6 is 0 Å². The van der Waals surface area contributed by atoms with E-state index in [2.05, 4.69) is 18.2 Å². The maximum absolute atomic E-state index is 6.27. The van der Waals surface area contributed by atoms with Crippen LogP contribution in [-0.2, 0) is 0 Å². The summed E-state index contributed by atoms with van der Waals surface area (Å²) in [6, 6.07) is 6.93. The normalized spacial score (nSPS) is 22.4. The van der Waals surface area contributed by atoms with Gasteiger partial charge in [-0.05, 0) is 54.7 Å². The molecule has 0 spiro atoms. The van der Waals surface area contributed by atoms with Crippen LogP contribution in [-0.4, -0.2) is 0 Å². The Bertz CT molecular complexity index is 385. The van der Waals surface area contributed by atoms with Gasteiger partial charge in [0.25, 0.3) is 0 Å². The molecular formula is C16H23N. The molecule has 1 heteroatoms. The summed E-state index contributed by atoms with van der Waals surface area (Å²) in [6.45, 7) is 0. The largest absolute Gasteiger partial charge is 0.398 e. The van der Waals surface area contributed by atoms with E-state index in [0.29, 0.717) is 0 Å². The van der Waals surface area contributed by atoms with Crippen LogP contribution < -0.4 is 5.73 Å². The van der Waals surface area contributed by atoms with Crippen LogP contribution in [0.2, 0.25) is 0 Å². The van der Waals surface area contributed by atoms with Gasteiger partial charge in [-0.1, -0.05) is 37.8 Å². The van der Waals surface area contributed by atoms with E-state index in [1.54, 1.807) is 0 Å². The summed E-state index contributed by atoms with van der Waals surface area (Å²) in [7, 11) is 0. The molecule has 0 aromatic heterocycles. The van der Waals surface area contributed by atoms with E-state index >= 15 is 0 Å². The molecule has 92 valence electrons. The van der Waals surface area contributed by atoms with Gasteiger partial charge in [-0.15, -0.1) is 0 Å². The molecule has 0 unspecified atom stereocenters. The Morgan fingerprint density at radius 3 is 2.00 bits per heavy atom. The molecule has 0 bridgehead atoms. The van der Waals surface area contributed by atoms with Crippen molar-refractivity contribution in [1.82, 2.24) is 0 Å². The molecule has 2 aliphatic rings. The minimum atomic E-state index is 0.743. The van der Waals surface area contributed by atoms with E-state index in [-0.39, 0.29) is 0 Å². The molecule has 17 heavy (non-hydrogen) atoms. The number of nitrogen functional groups attached to an aromatic ring is 1. The fourth-order valence-electron chi connectivity index (χ4n) is 3.71. The van der Waals surface area contributed by atoms with Crippen molar-refractivity contribution in [1.29, 1.82) is 0 Å². The summed E-state index contributed by atoms with van der Waals surface area (Å²) in [5, 5.41) is 0. The van der Waals surface area contributed by atoms with Crippen LogP contribution in [0, 0.1) is 0 Å². The lowest BCUT2D eigenvalue weighted by molar-refractivity contribution is 0.711. The predicted molar refractivity (Wildman–Crippen MR) is 73.3 cm³/mol. The number of benzene rings is 1. The molecule has 1 aromatic rings. The van der Waals surface area contributed by atoms with Crippen LogP contribution in [0.25, 0.3) is 0 Å². The Kier molecular flexibility index (Phi) is 3.09. The quantitative estimate of drug-likeness (QED) is 0.738. The topological polar surface area (TPSA) is 26.0 Å². The minimum absolute atomic E-state index is 0.743. The number of hydrogen-bond donors (Lipinski definition) is 1. The highest BCUT2D eigenvalue weighted by Gasteiger charge is 2.21. The highest BCUT2D eigenvalue weighted by Crippen LogP contribution is 2.40. The summed E-state index contributed by atoms with van der Waals surface area (Å²) in [5.41, 5.74) is 10.2. The Morgan fingerprint density at radius 1 is 0.824 bits per heavy atom. The average Bonchev–Trinajstić information content (AvgIpc) is 3.02. The lowest BCUT2D eigenvalue weighted by Gasteiger charge is -2.16. The van der Waals surface area contributed by atoms with Gasteiger partial charge < -0.3 is 5.73 Å². The molecule has 0 amide bonds. The van der Waals surface area contributed by atoms with Crippen LogP contribution in [0.5, 0.6) is 0 Å². The smallest absolute Gasteiger partial charge is 0.0352 e. The molecule has 2 N–H and O–H groups in total. The molecule has 0 aliphatic heterocycles. The number of rotatable bonds is 2. The third kappa shape index (κ3) is 2.20. The second kappa shape index (κ2) is 4.72. The molecule has 0 atom stereocenters. The third-order valence-electron chi connectivity index (χ3n) is 4.73. The molecule has 3 rings (SSSR count). The van der Waals surface area contributed by atoms with E-state index < -0.39 is 0 Å². The van der Waals surface area contributed by atoms with Crippen molar-refractivity contribution in [3.05, 3.63) is 29.3 Å². The molecule has 2 aliphatic carbocycles. The van der Waals surface area contributed by atoms with Crippen LogP contribution in [0.4, 0.5) is 5.69 Å². The van der Waals surface area contributed by atoms with Crippen molar-refractivity contribution in [3.63, 3.8) is 0 Å².